The zero-order valence-corrected chi connectivity index (χ0v) is 15.7. The highest BCUT2D eigenvalue weighted by atomic mass is 16.3. The molecule has 0 aliphatic heterocycles. The molecule has 0 bridgehead atoms. The zero-order valence-electron chi connectivity index (χ0n) is 15.7. The maximum absolute atomic E-state index is 13.0. The van der Waals surface area contributed by atoms with E-state index in [1.54, 1.807) is 24.5 Å². The van der Waals surface area contributed by atoms with E-state index < -0.39 is 11.5 Å². The molecule has 146 valence electrons. The summed E-state index contributed by atoms with van der Waals surface area (Å²) in [6.07, 6.45) is 4.88. The predicted molar refractivity (Wildman–Crippen MR) is 104 cm³/mol. The summed E-state index contributed by atoms with van der Waals surface area (Å²) >= 11 is 0. The van der Waals surface area contributed by atoms with Gasteiger partial charge in [0.1, 0.15) is 5.65 Å². The van der Waals surface area contributed by atoms with Crippen LogP contribution in [0.5, 0.6) is 5.88 Å². The SMILES string of the molecule is CC(C)Cn1c(O)c(C(=O)NC2CC2)c(=O)n2nc(-c3cnccc3N)cc12. The number of anilines is 1. The highest BCUT2D eigenvalue weighted by Gasteiger charge is 2.29. The largest absolute Gasteiger partial charge is 0.494 e. The fraction of sp³-hybridized carbons (Fsp3) is 0.368. The van der Waals surface area contributed by atoms with Crippen LogP contribution < -0.4 is 16.6 Å². The van der Waals surface area contributed by atoms with E-state index in [-0.39, 0.29) is 23.4 Å². The molecular formula is C19H22N6O3. The van der Waals surface area contributed by atoms with Gasteiger partial charge in [-0.3, -0.25) is 19.1 Å². The normalized spacial score (nSPS) is 14.0. The van der Waals surface area contributed by atoms with Crippen LogP contribution in [0.15, 0.2) is 29.3 Å². The van der Waals surface area contributed by atoms with Crippen LogP contribution in [0.25, 0.3) is 16.9 Å². The standard InChI is InChI=1S/C19H22N6O3/c1-10(2)9-24-15-7-14(12-8-21-6-5-13(12)20)23-25(15)19(28)16(18(24)27)17(26)22-11-3-4-11/h5-8,10-11,27H,3-4,9H2,1-2H3,(H2,20,21)(H,22,26). The first-order valence-corrected chi connectivity index (χ1v) is 9.23. The zero-order chi connectivity index (χ0) is 20.0. The molecule has 4 N–H and O–H groups in total. The molecule has 1 aliphatic rings. The van der Waals surface area contributed by atoms with Crippen LogP contribution in [0.3, 0.4) is 0 Å². The number of nitrogens with two attached hydrogens (primary N) is 1. The van der Waals surface area contributed by atoms with Crippen LogP contribution in [0.2, 0.25) is 0 Å². The molecule has 1 fully saturated rings. The highest BCUT2D eigenvalue weighted by molar-refractivity contribution is 5.96. The average molecular weight is 382 g/mol. The number of pyridine rings is 1. The van der Waals surface area contributed by atoms with Crippen LogP contribution in [-0.4, -0.2) is 36.2 Å². The van der Waals surface area contributed by atoms with Crippen molar-refractivity contribution in [3.63, 3.8) is 0 Å². The van der Waals surface area contributed by atoms with E-state index in [0.29, 0.717) is 29.1 Å². The average Bonchev–Trinajstić information content (AvgIpc) is 3.33. The molecule has 9 nitrogen and oxygen atoms in total. The van der Waals surface area contributed by atoms with Crippen molar-refractivity contribution in [3.8, 4) is 17.1 Å². The molecule has 0 unspecified atom stereocenters. The van der Waals surface area contributed by atoms with Crippen molar-refractivity contribution < 1.29 is 9.90 Å². The van der Waals surface area contributed by atoms with Crippen LogP contribution in [0.1, 0.15) is 37.0 Å². The lowest BCUT2D eigenvalue weighted by molar-refractivity contribution is 0.0944. The number of hydrogen-bond acceptors (Lipinski definition) is 6. The Hall–Kier alpha value is -3.36. The third kappa shape index (κ3) is 3.08. The van der Waals surface area contributed by atoms with Crippen molar-refractivity contribution in [1.29, 1.82) is 0 Å². The van der Waals surface area contributed by atoms with Crippen LogP contribution >= 0.6 is 0 Å². The third-order valence-corrected chi connectivity index (χ3v) is 4.67. The van der Waals surface area contributed by atoms with Gasteiger partial charge in [0.2, 0.25) is 5.88 Å². The summed E-state index contributed by atoms with van der Waals surface area (Å²) in [5.74, 6) is -0.768. The lowest BCUT2D eigenvalue weighted by Gasteiger charge is -2.16. The van der Waals surface area contributed by atoms with Gasteiger partial charge in [0.05, 0.1) is 5.69 Å². The first-order chi connectivity index (χ1) is 13.4. The molecule has 0 aromatic carbocycles. The molecule has 0 radical (unpaired) electrons. The van der Waals surface area contributed by atoms with E-state index in [1.807, 2.05) is 13.8 Å². The second kappa shape index (κ2) is 6.66. The first kappa shape index (κ1) is 18.0. The van der Waals surface area contributed by atoms with E-state index in [0.717, 1.165) is 17.4 Å². The van der Waals surface area contributed by atoms with Gasteiger partial charge in [-0.2, -0.15) is 9.61 Å². The molecule has 0 saturated heterocycles. The van der Waals surface area contributed by atoms with Gasteiger partial charge in [0.15, 0.2) is 5.56 Å². The molecule has 3 aromatic rings. The van der Waals surface area contributed by atoms with Gasteiger partial charge >= 0.3 is 0 Å². The molecule has 4 rings (SSSR count). The summed E-state index contributed by atoms with van der Waals surface area (Å²) in [7, 11) is 0. The number of carbonyl (C=O) groups excluding carboxylic acids is 1. The van der Waals surface area contributed by atoms with Gasteiger partial charge in [-0.05, 0) is 24.8 Å². The van der Waals surface area contributed by atoms with E-state index >= 15 is 0 Å². The van der Waals surface area contributed by atoms with E-state index in [1.165, 1.54) is 4.57 Å². The second-order valence-corrected chi connectivity index (χ2v) is 7.52. The fourth-order valence-electron chi connectivity index (χ4n) is 3.14. The number of aromatic nitrogens is 4. The van der Waals surface area contributed by atoms with Crippen molar-refractivity contribution in [2.75, 3.05) is 5.73 Å². The van der Waals surface area contributed by atoms with Gasteiger partial charge < -0.3 is 16.2 Å². The molecular weight excluding hydrogens is 360 g/mol. The Labute approximate surface area is 160 Å². The number of carbonyl (C=O) groups is 1. The summed E-state index contributed by atoms with van der Waals surface area (Å²) in [6.45, 7) is 4.37. The lowest BCUT2D eigenvalue weighted by atomic mass is 10.2. The molecule has 28 heavy (non-hydrogen) atoms. The Kier molecular flexibility index (Phi) is 4.29. The molecule has 3 heterocycles. The molecule has 1 amide bonds. The Morgan fingerprint density at radius 2 is 2.18 bits per heavy atom. The lowest BCUT2D eigenvalue weighted by Crippen LogP contribution is -2.34. The van der Waals surface area contributed by atoms with Gasteiger partial charge in [-0.1, -0.05) is 13.8 Å². The van der Waals surface area contributed by atoms with E-state index in [4.69, 9.17) is 5.73 Å². The summed E-state index contributed by atoms with van der Waals surface area (Å²) in [4.78, 5) is 29.6. The minimum absolute atomic E-state index is 0.0592. The van der Waals surface area contributed by atoms with Crippen molar-refractivity contribution in [3.05, 3.63) is 40.4 Å². The van der Waals surface area contributed by atoms with Crippen LogP contribution in [-0.2, 0) is 6.54 Å². The summed E-state index contributed by atoms with van der Waals surface area (Å²) in [5.41, 5.74) is 6.92. The summed E-state index contributed by atoms with van der Waals surface area (Å²) < 4.78 is 2.68. The molecule has 0 atom stereocenters. The third-order valence-electron chi connectivity index (χ3n) is 4.67. The number of nitrogens with zero attached hydrogens (tertiary/aromatic N) is 4. The maximum atomic E-state index is 13.0. The molecule has 9 heteroatoms. The van der Waals surface area contributed by atoms with Gasteiger partial charge in [-0.25, -0.2) is 0 Å². The smallest absolute Gasteiger partial charge is 0.291 e. The molecule has 1 aliphatic carbocycles. The number of amides is 1. The monoisotopic (exact) mass is 382 g/mol. The van der Waals surface area contributed by atoms with Crippen molar-refractivity contribution in [2.24, 2.45) is 5.92 Å². The molecule has 0 spiro atoms. The Balaban J connectivity index is 1.95. The second-order valence-electron chi connectivity index (χ2n) is 7.52. The first-order valence-electron chi connectivity index (χ1n) is 9.23. The number of rotatable bonds is 5. The van der Waals surface area contributed by atoms with E-state index in [2.05, 4.69) is 15.4 Å². The van der Waals surface area contributed by atoms with Gasteiger partial charge in [0.25, 0.3) is 11.5 Å². The minimum Gasteiger partial charge on any atom is -0.494 e. The Morgan fingerprint density at radius 3 is 2.82 bits per heavy atom. The number of aromatic hydroxyl groups is 1. The van der Waals surface area contributed by atoms with Crippen molar-refractivity contribution in [2.45, 2.75) is 39.3 Å². The number of nitrogen functional groups attached to an aromatic ring is 1. The summed E-state index contributed by atoms with van der Waals surface area (Å²) in [5, 5.41) is 17.9. The van der Waals surface area contributed by atoms with Crippen LogP contribution in [0.4, 0.5) is 5.69 Å². The topological polar surface area (TPSA) is 128 Å². The Bertz CT molecular complexity index is 1130. The Morgan fingerprint density at radius 1 is 1.43 bits per heavy atom. The molecule has 1 saturated carbocycles. The summed E-state index contributed by atoms with van der Waals surface area (Å²) in [6, 6.07) is 3.37. The van der Waals surface area contributed by atoms with Crippen LogP contribution in [0, 0.1) is 5.92 Å². The van der Waals surface area contributed by atoms with E-state index in [9.17, 15) is 14.7 Å². The van der Waals surface area contributed by atoms with Gasteiger partial charge in [0, 0.05) is 42.3 Å². The predicted octanol–water partition coefficient (Wildman–Crippen LogP) is 1.39. The maximum Gasteiger partial charge on any atom is 0.291 e. The number of hydrogen-bond donors (Lipinski definition) is 3. The van der Waals surface area contributed by atoms with Crippen molar-refractivity contribution >= 4 is 17.2 Å². The highest BCUT2D eigenvalue weighted by Crippen LogP contribution is 2.27. The van der Waals surface area contributed by atoms with Gasteiger partial charge in [-0.15, -0.1) is 0 Å². The quantitative estimate of drug-likeness (QED) is 0.612. The number of fused-ring (bicyclic) bond motifs is 1. The minimum atomic E-state index is -0.667. The number of nitrogens with one attached hydrogen (secondary N) is 1. The van der Waals surface area contributed by atoms with Crippen molar-refractivity contribution in [1.82, 2.24) is 24.5 Å². The fourth-order valence-corrected chi connectivity index (χ4v) is 3.14. The molecule has 3 aromatic heterocycles.